The van der Waals surface area contributed by atoms with Gasteiger partial charge in [-0.15, -0.1) is 11.3 Å². The first-order valence-electron chi connectivity index (χ1n) is 5.21. The molecule has 2 rings (SSSR count). The van der Waals surface area contributed by atoms with Gasteiger partial charge in [0.05, 0.1) is 30.5 Å². The largest absolute Gasteiger partial charge is 0.329 e. The van der Waals surface area contributed by atoms with E-state index in [0.717, 1.165) is 0 Å². The van der Waals surface area contributed by atoms with Crippen LogP contribution in [0, 0.1) is 0 Å². The molecule has 0 aliphatic rings. The summed E-state index contributed by atoms with van der Waals surface area (Å²) in [6.45, 7) is 1.07. The second-order valence-corrected chi connectivity index (χ2v) is 6.02. The Balaban J connectivity index is 2.05. The Morgan fingerprint density at radius 1 is 1.50 bits per heavy atom. The number of aromatic nitrogens is 3. The van der Waals surface area contributed by atoms with Crippen LogP contribution in [0.5, 0.6) is 0 Å². The number of nitrogens with two attached hydrogens (primary N) is 1. The van der Waals surface area contributed by atoms with Crippen LogP contribution in [0.25, 0.3) is 0 Å². The van der Waals surface area contributed by atoms with Gasteiger partial charge in [0.2, 0.25) is 10.0 Å². The Morgan fingerprint density at radius 2 is 2.33 bits per heavy atom. The lowest BCUT2D eigenvalue weighted by Gasteiger charge is -2.02. The third kappa shape index (κ3) is 3.13. The quantitative estimate of drug-likeness (QED) is 0.764. The minimum absolute atomic E-state index is 0.131. The van der Waals surface area contributed by atoms with Gasteiger partial charge in [-0.1, -0.05) is 0 Å². The minimum Gasteiger partial charge on any atom is -0.329 e. The Bertz CT molecular complexity index is 590. The van der Waals surface area contributed by atoms with E-state index in [4.69, 9.17) is 5.73 Å². The van der Waals surface area contributed by atoms with Crippen LogP contribution >= 0.6 is 11.3 Å². The molecule has 0 fully saturated rings. The molecule has 0 aliphatic heterocycles. The predicted octanol–water partition coefficient (Wildman–Crippen LogP) is -0.223. The molecule has 2 heterocycles. The molecule has 7 nitrogen and oxygen atoms in total. The van der Waals surface area contributed by atoms with Gasteiger partial charge in [-0.25, -0.2) is 18.1 Å². The fourth-order valence-corrected chi connectivity index (χ4v) is 2.82. The molecule has 0 spiro atoms. The summed E-state index contributed by atoms with van der Waals surface area (Å²) in [5.74, 6) is 0. The second-order valence-electron chi connectivity index (χ2n) is 3.53. The Labute approximate surface area is 109 Å². The number of hydrogen-bond donors (Lipinski definition) is 2. The van der Waals surface area contributed by atoms with E-state index in [1.807, 2.05) is 0 Å². The number of rotatable bonds is 6. The highest BCUT2D eigenvalue weighted by atomic mass is 32.2. The van der Waals surface area contributed by atoms with Gasteiger partial charge in [-0.3, -0.25) is 4.68 Å². The summed E-state index contributed by atoms with van der Waals surface area (Å²) in [6.07, 6.45) is 2.76. The third-order valence-electron chi connectivity index (χ3n) is 2.20. The molecule has 98 valence electrons. The van der Waals surface area contributed by atoms with Crippen LogP contribution in [-0.2, 0) is 23.1 Å². The molecule has 0 radical (unpaired) electrons. The lowest BCUT2D eigenvalue weighted by atomic mass is 10.5. The Hall–Kier alpha value is -1.29. The van der Waals surface area contributed by atoms with Crippen LogP contribution in [0.2, 0.25) is 0 Å². The summed E-state index contributed by atoms with van der Waals surface area (Å²) >= 11 is 1.42. The number of hydrogen-bond acceptors (Lipinski definition) is 6. The zero-order valence-electron chi connectivity index (χ0n) is 9.48. The molecular weight excluding hydrogens is 274 g/mol. The van der Waals surface area contributed by atoms with Crippen molar-refractivity contribution in [1.29, 1.82) is 0 Å². The first-order chi connectivity index (χ1) is 8.62. The highest BCUT2D eigenvalue weighted by molar-refractivity contribution is 7.89. The number of sulfonamides is 1. The normalized spacial score (nSPS) is 11.8. The van der Waals surface area contributed by atoms with Gasteiger partial charge in [0.15, 0.2) is 0 Å². The van der Waals surface area contributed by atoms with E-state index in [1.54, 1.807) is 10.9 Å². The van der Waals surface area contributed by atoms with Crippen LogP contribution in [-0.4, -0.2) is 29.7 Å². The molecule has 0 amide bonds. The minimum atomic E-state index is -3.54. The standard InChI is InChI=1S/C9H13N5O2S2/c10-1-2-14-5-9(4-12-14)18(15,16)13-3-8-6-17-7-11-8/h4-7,13H,1-3,10H2. The van der Waals surface area contributed by atoms with E-state index in [0.29, 0.717) is 18.8 Å². The molecule has 3 N–H and O–H groups in total. The number of thiazole rings is 1. The van der Waals surface area contributed by atoms with Crippen molar-refractivity contribution in [3.63, 3.8) is 0 Å². The average Bonchev–Trinajstić information content (AvgIpc) is 2.98. The smallest absolute Gasteiger partial charge is 0.244 e. The molecule has 18 heavy (non-hydrogen) atoms. The zero-order chi connectivity index (χ0) is 13.0. The molecule has 0 bridgehead atoms. The summed E-state index contributed by atoms with van der Waals surface area (Å²) in [5.41, 5.74) is 7.72. The summed E-state index contributed by atoms with van der Waals surface area (Å²) in [5, 5.41) is 5.71. The van der Waals surface area contributed by atoms with E-state index in [1.165, 1.54) is 28.4 Å². The van der Waals surface area contributed by atoms with Crippen LogP contribution < -0.4 is 10.5 Å². The number of nitrogens with zero attached hydrogens (tertiary/aromatic N) is 3. The fraction of sp³-hybridized carbons (Fsp3) is 0.333. The topological polar surface area (TPSA) is 103 Å². The average molecular weight is 287 g/mol. The van der Waals surface area contributed by atoms with E-state index in [9.17, 15) is 8.42 Å². The van der Waals surface area contributed by atoms with Crippen molar-refractivity contribution in [2.75, 3.05) is 6.54 Å². The van der Waals surface area contributed by atoms with Gasteiger partial charge in [-0.2, -0.15) is 5.10 Å². The molecule has 2 aromatic heterocycles. The fourth-order valence-electron chi connectivity index (χ4n) is 1.32. The van der Waals surface area contributed by atoms with Crippen molar-refractivity contribution in [3.8, 4) is 0 Å². The maximum absolute atomic E-state index is 11.9. The molecule has 0 unspecified atom stereocenters. The Morgan fingerprint density at radius 3 is 3.00 bits per heavy atom. The van der Waals surface area contributed by atoms with Crippen molar-refractivity contribution in [2.24, 2.45) is 5.73 Å². The maximum atomic E-state index is 11.9. The molecule has 0 aliphatic carbocycles. The lowest BCUT2D eigenvalue weighted by molar-refractivity contribution is 0.579. The highest BCUT2D eigenvalue weighted by Crippen LogP contribution is 2.08. The zero-order valence-corrected chi connectivity index (χ0v) is 11.1. The van der Waals surface area contributed by atoms with Gasteiger partial charge in [-0.05, 0) is 0 Å². The Kier molecular flexibility index (Phi) is 4.07. The SMILES string of the molecule is NCCn1cc(S(=O)(=O)NCc2cscn2)cn1. The monoisotopic (exact) mass is 287 g/mol. The van der Waals surface area contributed by atoms with Crippen molar-refractivity contribution >= 4 is 21.4 Å². The van der Waals surface area contributed by atoms with Gasteiger partial charge >= 0.3 is 0 Å². The first-order valence-corrected chi connectivity index (χ1v) is 7.63. The molecule has 0 saturated carbocycles. The summed E-state index contributed by atoms with van der Waals surface area (Å²) in [4.78, 5) is 4.13. The first kappa shape index (κ1) is 13.1. The summed E-state index contributed by atoms with van der Waals surface area (Å²) in [6, 6.07) is 0. The third-order valence-corrected chi connectivity index (χ3v) is 4.20. The lowest BCUT2D eigenvalue weighted by Crippen LogP contribution is -2.23. The van der Waals surface area contributed by atoms with Crippen LogP contribution in [0.4, 0.5) is 0 Å². The van der Waals surface area contributed by atoms with Gasteiger partial charge < -0.3 is 5.73 Å². The van der Waals surface area contributed by atoms with E-state index < -0.39 is 10.0 Å². The summed E-state index contributed by atoms with van der Waals surface area (Å²) in [7, 11) is -3.54. The molecule has 2 aromatic rings. The van der Waals surface area contributed by atoms with Gasteiger partial charge in [0.25, 0.3) is 0 Å². The van der Waals surface area contributed by atoms with E-state index >= 15 is 0 Å². The molecule has 0 atom stereocenters. The van der Waals surface area contributed by atoms with Crippen LogP contribution in [0.1, 0.15) is 5.69 Å². The van der Waals surface area contributed by atoms with Crippen molar-refractivity contribution in [2.45, 2.75) is 18.0 Å². The second kappa shape index (κ2) is 5.57. The van der Waals surface area contributed by atoms with Crippen molar-refractivity contribution in [3.05, 3.63) is 29.0 Å². The number of nitrogens with one attached hydrogen (secondary N) is 1. The molecule has 9 heteroatoms. The van der Waals surface area contributed by atoms with Gasteiger partial charge in [0, 0.05) is 18.1 Å². The van der Waals surface area contributed by atoms with Gasteiger partial charge in [0.1, 0.15) is 4.90 Å². The molecule has 0 saturated heterocycles. The van der Waals surface area contributed by atoms with Crippen molar-refractivity contribution < 1.29 is 8.42 Å². The summed E-state index contributed by atoms with van der Waals surface area (Å²) < 4.78 is 27.8. The van der Waals surface area contributed by atoms with Crippen molar-refractivity contribution in [1.82, 2.24) is 19.5 Å². The van der Waals surface area contributed by atoms with E-state index in [2.05, 4.69) is 14.8 Å². The van der Waals surface area contributed by atoms with E-state index in [-0.39, 0.29) is 11.4 Å². The maximum Gasteiger partial charge on any atom is 0.244 e. The van der Waals surface area contributed by atoms with Crippen LogP contribution in [0.15, 0.2) is 28.2 Å². The molecular formula is C9H13N5O2S2. The molecule has 0 aromatic carbocycles. The van der Waals surface area contributed by atoms with Crippen LogP contribution in [0.3, 0.4) is 0 Å². The highest BCUT2D eigenvalue weighted by Gasteiger charge is 2.16. The predicted molar refractivity (Wildman–Crippen MR) is 67.4 cm³/mol.